The Labute approximate surface area is 168 Å². The van der Waals surface area contributed by atoms with Gasteiger partial charge in [0.25, 0.3) is 0 Å². The summed E-state index contributed by atoms with van der Waals surface area (Å²) in [7, 11) is 1.71. The molecule has 2 aromatic carbocycles. The number of rotatable bonds is 4. The second kappa shape index (κ2) is 7.71. The number of halogens is 4. The van der Waals surface area contributed by atoms with Gasteiger partial charge in [-0.1, -0.05) is 17.7 Å². The average molecular weight is 484 g/mol. The number of alkyl halides is 3. The van der Waals surface area contributed by atoms with Crippen molar-refractivity contribution in [2.45, 2.75) is 13.1 Å². The van der Waals surface area contributed by atoms with E-state index >= 15 is 0 Å². The van der Waals surface area contributed by atoms with Crippen LogP contribution in [-0.2, 0) is 6.18 Å². The molecule has 0 unspecified atom stereocenters. The second-order valence-corrected chi connectivity index (χ2v) is 7.20. The van der Waals surface area contributed by atoms with Crippen LogP contribution in [0.25, 0.3) is 0 Å². The van der Waals surface area contributed by atoms with Gasteiger partial charge in [0.2, 0.25) is 5.95 Å². The molecule has 0 radical (unpaired) electrons. The van der Waals surface area contributed by atoms with Crippen LogP contribution in [0, 0.1) is 10.5 Å². The van der Waals surface area contributed by atoms with Gasteiger partial charge in [0.15, 0.2) is 0 Å². The van der Waals surface area contributed by atoms with Gasteiger partial charge in [0.1, 0.15) is 11.4 Å². The minimum atomic E-state index is -4.56. The predicted molar refractivity (Wildman–Crippen MR) is 109 cm³/mol. The fourth-order valence-corrected chi connectivity index (χ4v) is 2.75. The van der Waals surface area contributed by atoms with E-state index in [0.29, 0.717) is 5.69 Å². The summed E-state index contributed by atoms with van der Waals surface area (Å²) in [6.07, 6.45) is -3.75. The molecule has 0 aliphatic rings. The minimum absolute atomic E-state index is 0.166. The lowest BCUT2D eigenvalue weighted by atomic mass is 10.2. The maximum absolute atomic E-state index is 13.4. The zero-order valence-electron chi connectivity index (χ0n) is 14.5. The smallest absolute Gasteiger partial charge is 0.340 e. The summed E-state index contributed by atoms with van der Waals surface area (Å²) in [5, 5.41) is 2.76. The van der Waals surface area contributed by atoms with Gasteiger partial charge >= 0.3 is 6.18 Å². The van der Waals surface area contributed by atoms with Gasteiger partial charge in [-0.05, 0) is 65.9 Å². The van der Waals surface area contributed by atoms with Crippen molar-refractivity contribution in [2.24, 2.45) is 0 Å². The highest BCUT2D eigenvalue weighted by Gasteiger charge is 2.35. The van der Waals surface area contributed by atoms with E-state index in [1.807, 2.05) is 43.3 Å². The monoisotopic (exact) mass is 484 g/mol. The fraction of sp³-hybridized carbons (Fsp3) is 0.158. The van der Waals surface area contributed by atoms with E-state index in [4.69, 9.17) is 0 Å². The molecule has 0 fully saturated rings. The molecule has 1 heterocycles. The summed E-state index contributed by atoms with van der Waals surface area (Å²) >= 11 is 2.18. The van der Waals surface area contributed by atoms with Gasteiger partial charge < -0.3 is 10.2 Å². The molecule has 0 spiro atoms. The third-order valence-electron chi connectivity index (χ3n) is 3.91. The molecule has 4 nitrogen and oxygen atoms in total. The van der Waals surface area contributed by atoms with Crippen LogP contribution < -0.4 is 10.2 Å². The lowest BCUT2D eigenvalue weighted by Gasteiger charge is -2.20. The molecule has 3 rings (SSSR count). The number of hydrogen-bond acceptors (Lipinski definition) is 4. The van der Waals surface area contributed by atoms with Crippen molar-refractivity contribution in [2.75, 3.05) is 17.3 Å². The normalized spacial score (nSPS) is 11.3. The molecular weight excluding hydrogens is 468 g/mol. The van der Waals surface area contributed by atoms with Crippen molar-refractivity contribution in [1.29, 1.82) is 0 Å². The highest BCUT2D eigenvalue weighted by Crippen LogP contribution is 2.36. The van der Waals surface area contributed by atoms with Crippen LogP contribution in [0.15, 0.2) is 54.7 Å². The Balaban J connectivity index is 1.99. The molecule has 0 saturated heterocycles. The van der Waals surface area contributed by atoms with Crippen molar-refractivity contribution < 1.29 is 13.2 Å². The van der Waals surface area contributed by atoms with Crippen LogP contribution in [0.5, 0.6) is 0 Å². The number of anilines is 4. The van der Waals surface area contributed by atoms with E-state index in [0.717, 1.165) is 21.0 Å². The van der Waals surface area contributed by atoms with Gasteiger partial charge in [0.05, 0.1) is 0 Å². The highest BCUT2D eigenvalue weighted by molar-refractivity contribution is 14.1. The van der Waals surface area contributed by atoms with Crippen LogP contribution in [0.2, 0.25) is 0 Å². The van der Waals surface area contributed by atoms with Crippen LogP contribution in [0.1, 0.15) is 11.1 Å². The van der Waals surface area contributed by atoms with E-state index in [1.165, 1.54) is 0 Å². The standard InChI is InChI=1S/C19H16F3IN4/c1-12-3-7-14(8-4-12)25-17-16(19(20,21)22)11-24-18(26-17)27(2)15-9-5-13(23)6-10-15/h3-11H,1-2H3,(H,24,25,26). The maximum atomic E-state index is 13.4. The lowest BCUT2D eigenvalue weighted by molar-refractivity contribution is -0.137. The number of nitrogens with one attached hydrogen (secondary N) is 1. The molecule has 0 amide bonds. The zero-order chi connectivity index (χ0) is 19.6. The highest BCUT2D eigenvalue weighted by atomic mass is 127. The first-order valence-corrected chi connectivity index (χ1v) is 9.09. The summed E-state index contributed by atoms with van der Waals surface area (Å²) in [4.78, 5) is 9.69. The van der Waals surface area contributed by atoms with E-state index in [9.17, 15) is 13.2 Å². The van der Waals surface area contributed by atoms with E-state index in [2.05, 4.69) is 37.9 Å². The van der Waals surface area contributed by atoms with Gasteiger partial charge in [0, 0.05) is 28.2 Å². The molecule has 0 atom stereocenters. The molecule has 27 heavy (non-hydrogen) atoms. The topological polar surface area (TPSA) is 41.1 Å². The molecule has 0 aliphatic heterocycles. The van der Waals surface area contributed by atoms with Crippen molar-refractivity contribution in [1.82, 2.24) is 9.97 Å². The second-order valence-electron chi connectivity index (χ2n) is 5.96. The molecule has 8 heteroatoms. The SMILES string of the molecule is Cc1ccc(Nc2nc(N(C)c3ccc(I)cc3)ncc2C(F)(F)F)cc1. The Morgan fingerprint density at radius 1 is 1.00 bits per heavy atom. The Morgan fingerprint density at radius 2 is 1.63 bits per heavy atom. The minimum Gasteiger partial charge on any atom is -0.340 e. The number of nitrogens with zero attached hydrogens (tertiary/aromatic N) is 3. The van der Waals surface area contributed by atoms with E-state index < -0.39 is 11.7 Å². The number of hydrogen-bond donors (Lipinski definition) is 1. The van der Waals surface area contributed by atoms with E-state index in [-0.39, 0.29) is 11.8 Å². The largest absolute Gasteiger partial charge is 0.421 e. The lowest BCUT2D eigenvalue weighted by Crippen LogP contribution is -2.17. The molecule has 0 aliphatic carbocycles. The van der Waals surface area contributed by atoms with E-state index in [1.54, 1.807) is 24.1 Å². The summed E-state index contributed by atoms with van der Waals surface area (Å²) in [5.74, 6) is -0.118. The summed E-state index contributed by atoms with van der Waals surface area (Å²) in [6, 6.07) is 14.6. The molecule has 0 saturated carbocycles. The molecule has 1 N–H and O–H groups in total. The van der Waals surface area contributed by atoms with Crippen LogP contribution in [0.4, 0.5) is 36.3 Å². The third kappa shape index (κ3) is 4.68. The van der Waals surface area contributed by atoms with Crippen LogP contribution in [-0.4, -0.2) is 17.0 Å². The van der Waals surface area contributed by atoms with Gasteiger partial charge in [-0.3, -0.25) is 0 Å². The van der Waals surface area contributed by atoms with Crippen molar-refractivity contribution in [3.05, 3.63) is 69.4 Å². The number of aromatic nitrogens is 2. The summed E-state index contributed by atoms with van der Waals surface area (Å²) in [5.41, 5.74) is 1.39. The maximum Gasteiger partial charge on any atom is 0.421 e. The molecule has 140 valence electrons. The first-order valence-electron chi connectivity index (χ1n) is 8.01. The van der Waals surface area contributed by atoms with Crippen molar-refractivity contribution in [3.63, 3.8) is 0 Å². The predicted octanol–water partition coefficient (Wildman–Crippen LogP) is 5.92. The van der Waals surface area contributed by atoms with Crippen molar-refractivity contribution in [3.8, 4) is 0 Å². The Morgan fingerprint density at radius 3 is 2.22 bits per heavy atom. The van der Waals surface area contributed by atoms with Gasteiger partial charge in [-0.25, -0.2) is 4.98 Å². The molecular formula is C19H16F3IN4. The zero-order valence-corrected chi connectivity index (χ0v) is 16.7. The number of benzene rings is 2. The molecule has 3 aromatic rings. The Kier molecular flexibility index (Phi) is 5.54. The first-order chi connectivity index (χ1) is 12.7. The number of aryl methyl sites for hydroxylation is 1. The third-order valence-corrected chi connectivity index (χ3v) is 4.63. The van der Waals surface area contributed by atoms with Gasteiger partial charge in [-0.2, -0.15) is 18.2 Å². The summed E-state index contributed by atoms with van der Waals surface area (Å²) in [6.45, 7) is 1.91. The Bertz CT molecular complexity index is 925. The fourth-order valence-electron chi connectivity index (χ4n) is 2.39. The van der Waals surface area contributed by atoms with Crippen LogP contribution >= 0.6 is 22.6 Å². The summed E-state index contributed by atoms with van der Waals surface area (Å²) < 4.78 is 41.2. The van der Waals surface area contributed by atoms with Crippen LogP contribution in [0.3, 0.4) is 0 Å². The first kappa shape index (κ1) is 19.4. The van der Waals surface area contributed by atoms with Gasteiger partial charge in [-0.15, -0.1) is 0 Å². The average Bonchev–Trinajstić information content (AvgIpc) is 2.63. The Hall–Kier alpha value is -2.36. The van der Waals surface area contributed by atoms with Crippen molar-refractivity contribution >= 4 is 45.7 Å². The molecule has 0 bridgehead atoms. The quantitative estimate of drug-likeness (QED) is 0.467. The molecule has 1 aromatic heterocycles.